The van der Waals surface area contributed by atoms with Crippen LogP contribution in [0.5, 0.6) is 0 Å². The predicted octanol–water partition coefficient (Wildman–Crippen LogP) is 0.801. The second-order valence-electron chi connectivity index (χ2n) is 3.03. The number of nitrogens with one attached hydrogen (secondary N) is 1. The Morgan fingerprint density at radius 2 is 2.50 bits per heavy atom. The molecule has 4 nitrogen and oxygen atoms in total. The number of aryl methyl sites for hydroxylation is 1. The van der Waals surface area contributed by atoms with Crippen molar-refractivity contribution in [1.82, 2.24) is 20.1 Å². The molecular weight excluding hydrogens is 176 g/mol. The van der Waals surface area contributed by atoms with Crippen molar-refractivity contribution < 1.29 is 0 Å². The predicted molar refractivity (Wildman–Crippen MR) is 55.5 cm³/mol. The van der Waals surface area contributed by atoms with Crippen molar-refractivity contribution >= 4 is 0 Å². The van der Waals surface area contributed by atoms with Gasteiger partial charge in [0.15, 0.2) is 0 Å². The lowest BCUT2D eigenvalue weighted by Crippen LogP contribution is -2.18. The van der Waals surface area contributed by atoms with Crippen molar-refractivity contribution in [1.29, 1.82) is 0 Å². The molecule has 0 atom stereocenters. The molecule has 76 valence electrons. The highest BCUT2D eigenvalue weighted by atomic mass is 15.3. The van der Waals surface area contributed by atoms with E-state index in [0.29, 0.717) is 0 Å². The van der Waals surface area contributed by atoms with E-state index in [4.69, 9.17) is 6.42 Å². The molecule has 0 bridgehead atoms. The van der Waals surface area contributed by atoms with Gasteiger partial charge in [-0.2, -0.15) is 5.10 Å². The molecule has 1 aromatic rings. The minimum Gasteiger partial charge on any atom is -0.309 e. The number of hydrogen-bond acceptors (Lipinski definition) is 3. The zero-order valence-electron chi connectivity index (χ0n) is 8.53. The normalized spacial score (nSPS) is 10.0. The van der Waals surface area contributed by atoms with Crippen LogP contribution in [0.15, 0.2) is 6.33 Å². The number of nitrogens with zero attached hydrogens (tertiary/aromatic N) is 3. The number of rotatable bonds is 6. The summed E-state index contributed by atoms with van der Waals surface area (Å²) in [6.07, 6.45) is 8.56. The van der Waals surface area contributed by atoms with Gasteiger partial charge in [-0.3, -0.25) is 0 Å². The number of hydrogen-bond donors (Lipinski definition) is 1. The first-order valence-corrected chi connectivity index (χ1v) is 4.89. The van der Waals surface area contributed by atoms with E-state index in [1.54, 1.807) is 6.33 Å². The maximum atomic E-state index is 5.14. The Labute approximate surface area is 84.7 Å². The van der Waals surface area contributed by atoms with Crippen LogP contribution in [0.4, 0.5) is 0 Å². The summed E-state index contributed by atoms with van der Waals surface area (Å²) in [5.41, 5.74) is 0. The third-order valence-corrected chi connectivity index (χ3v) is 1.86. The standard InChI is InChI=1S/C10H16N4/c1-3-5-6-11-8-10-12-9-13-14(10)7-4-2/h1,9,11H,4-8H2,2H3. The first kappa shape index (κ1) is 10.7. The quantitative estimate of drug-likeness (QED) is 0.535. The van der Waals surface area contributed by atoms with Crippen molar-refractivity contribution in [2.45, 2.75) is 32.9 Å². The zero-order chi connectivity index (χ0) is 10.2. The van der Waals surface area contributed by atoms with Crippen LogP contribution in [0.2, 0.25) is 0 Å². The van der Waals surface area contributed by atoms with Crippen LogP contribution in [0.25, 0.3) is 0 Å². The van der Waals surface area contributed by atoms with Crippen molar-refractivity contribution in [3.8, 4) is 12.3 Å². The summed E-state index contributed by atoms with van der Waals surface area (Å²) in [5, 5.41) is 7.35. The van der Waals surface area contributed by atoms with Crippen LogP contribution >= 0.6 is 0 Å². The van der Waals surface area contributed by atoms with E-state index in [0.717, 1.165) is 38.3 Å². The molecule has 0 spiro atoms. The van der Waals surface area contributed by atoms with Crippen LogP contribution in [0.1, 0.15) is 25.6 Å². The largest absolute Gasteiger partial charge is 0.309 e. The van der Waals surface area contributed by atoms with E-state index in [1.165, 1.54) is 0 Å². The molecule has 1 N–H and O–H groups in total. The van der Waals surface area contributed by atoms with Gasteiger partial charge in [0.2, 0.25) is 0 Å². The Bertz CT molecular complexity index is 297. The second-order valence-corrected chi connectivity index (χ2v) is 3.03. The molecule has 1 aromatic heterocycles. The molecule has 0 aliphatic carbocycles. The maximum absolute atomic E-state index is 5.14. The van der Waals surface area contributed by atoms with Crippen molar-refractivity contribution in [3.05, 3.63) is 12.2 Å². The van der Waals surface area contributed by atoms with Gasteiger partial charge in [-0.15, -0.1) is 12.3 Å². The lowest BCUT2D eigenvalue weighted by Gasteiger charge is -2.04. The number of terminal acetylenes is 1. The van der Waals surface area contributed by atoms with Crippen molar-refractivity contribution in [2.24, 2.45) is 0 Å². The summed E-state index contributed by atoms with van der Waals surface area (Å²) in [5.74, 6) is 3.56. The topological polar surface area (TPSA) is 42.7 Å². The minimum absolute atomic E-state index is 0.738. The average Bonchev–Trinajstić information content (AvgIpc) is 2.61. The minimum atomic E-state index is 0.738. The smallest absolute Gasteiger partial charge is 0.140 e. The first-order valence-electron chi connectivity index (χ1n) is 4.89. The maximum Gasteiger partial charge on any atom is 0.140 e. The summed E-state index contributed by atoms with van der Waals surface area (Å²) in [4.78, 5) is 4.17. The number of aromatic nitrogens is 3. The van der Waals surface area contributed by atoms with Gasteiger partial charge in [0.1, 0.15) is 12.2 Å². The van der Waals surface area contributed by atoms with Gasteiger partial charge in [-0.05, 0) is 6.42 Å². The summed E-state index contributed by atoms with van der Waals surface area (Å²) < 4.78 is 1.92. The van der Waals surface area contributed by atoms with E-state index in [-0.39, 0.29) is 0 Å². The summed E-state index contributed by atoms with van der Waals surface area (Å²) in [7, 11) is 0. The highest BCUT2D eigenvalue weighted by Gasteiger charge is 2.01. The van der Waals surface area contributed by atoms with Gasteiger partial charge in [0, 0.05) is 19.5 Å². The highest BCUT2D eigenvalue weighted by molar-refractivity contribution is 4.86. The molecule has 0 aromatic carbocycles. The zero-order valence-corrected chi connectivity index (χ0v) is 8.53. The van der Waals surface area contributed by atoms with Gasteiger partial charge in [0.05, 0.1) is 6.54 Å². The highest BCUT2D eigenvalue weighted by Crippen LogP contribution is 1.95. The molecule has 0 aliphatic rings. The molecule has 1 rings (SSSR count). The van der Waals surface area contributed by atoms with E-state index >= 15 is 0 Å². The summed E-state index contributed by atoms with van der Waals surface area (Å²) >= 11 is 0. The van der Waals surface area contributed by atoms with E-state index in [1.807, 2.05) is 4.68 Å². The molecule has 1 heterocycles. The second kappa shape index (κ2) is 6.17. The van der Waals surface area contributed by atoms with Crippen LogP contribution in [-0.2, 0) is 13.1 Å². The Morgan fingerprint density at radius 3 is 3.21 bits per heavy atom. The van der Waals surface area contributed by atoms with Crippen LogP contribution in [-0.4, -0.2) is 21.3 Å². The SMILES string of the molecule is C#CCCNCc1ncnn1CCC. The van der Waals surface area contributed by atoms with Gasteiger partial charge in [-0.25, -0.2) is 9.67 Å². The van der Waals surface area contributed by atoms with Gasteiger partial charge in [-0.1, -0.05) is 6.92 Å². The first-order chi connectivity index (χ1) is 6.88. The average molecular weight is 192 g/mol. The summed E-state index contributed by atoms with van der Waals surface area (Å²) in [6, 6.07) is 0. The van der Waals surface area contributed by atoms with E-state index < -0.39 is 0 Å². The van der Waals surface area contributed by atoms with Crippen LogP contribution in [0.3, 0.4) is 0 Å². The molecule has 0 saturated carbocycles. The Morgan fingerprint density at radius 1 is 1.64 bits per heavy atom. The Kier molecular flexibility index (Phi) is 4.73. The Balaban J connectivity index is 2.34. The third kappa shape index (κ3) is 3.19. The molecule has 14 heavy (non-hydrogen) atoms. The molecule has 0 unspecified atom stereocenters. The van der Waals surface area contributed by atoms with Gasteiger partial charge in [0.25, 0.3) is 0 Å². The Hall–Kier alpha value is -1.34. The van der Waals surface area contributed by atoms with Crippen LogP contribution in [0, 0.1) is 12.3 Å². The molecule has 0 fully saturated rings. The molecule has 0 radical (unpaired) electrons. The van der Waals surface area contributed by atoms with E-state index in [9.17, 15) is 0 Å². The molecule has 0 amide bonds. The van der Waals surface area contributed by atoms with Crippen LogP contribution < -0.4 is 5.32 Å². The third-order valence-electron chi connectivity index (χ3n) is 1.86. The monoisotopic (exact) mass is 192 g/mol. The van der Waals surface area contributed by atoms with Crippen molar-refractivity contribution in [3.63, 3.8) is 0 Å². The fraction of sp³-hybridized carbons (Fsp3) is 0.600. The van der Waals surface area contributed by atoms with Crippen molar-refractivity contribution in [2.75, 3.05) is 6.54 Å². The molecular formula is C10H16N4. The fourth-order valence-electron chi connectivity index (χ4n) is 1.18. The molecule has 4 heteroatoms. The lowest BCUT2D eigenvalue weighted by molar-refractivity contribution is 0.545. The summed E-state index contributed by atoms with van der Waals surface area (Å²) in [6.45, 7) is 4.61. The van der Waals surface area contributed by atoms with E-state index in [2.05, 4.69) is 28.2 Å². The molecule has 0 aliphatic heterocycles. The van der Waals surface area contributed by atoms with Gasteiger partial charge < -0.3 is 5.32 Å². The fourth-order valence-corrected chi connectivity index (χ4v) is 1.18. The lowest BCUT2D eigenvalue weighted by atomic mass is 10.4. The van der Waals surface area contributed by atoms with Gasteiger partial charge >= 0.3 is 0 Å². The molecule has 0 saturated heterocycles.